The van der Waals surface area contributed by atoms with Crippen molar-refractivity contribution in [3.63, 3.8) is 0 Å². The number of rotatable bonds is 1. The molecule has 0 radical (unpaired) electrons. The van der Waals surface area contributed by atoms with Crippen LogP contribution in [-0.2, 0) is 7.05 Å². The summed E-state index contributed by atoms with van der Waals surface area (Å²) in [5, 5.41) is 16.8. The maximum atomic E-state index is 9.27. The molecule has 0 saturated carbocycles. The zero-order chi connectivity index (χ0) is 12.0. The van der Waals surface area contributed by atoms with Crippen molar-refractivity contribution in [1.29, 1.82) is 0 Å². The first-order valence-corrected chi connectivity index (χ1v) is 5.06. The summed E-state index contributed by atoms with van der Waals surface area (Å²) < 4.78 is 1.91. The fraction of sp³-hybridized carbons (Fsp3) is 0.250. The van der Waals surface area contributed by atoms with Crippen molar-refractivity contribution >= 4 is 0 Å². The Kier molecular flexibility index (Phi) is 4.54. The lowest BCUT2D eigenvalue weighted by Gasteiger charge is -2.01. The highest BCUT2D eigenvalue weighted by Crippen LogP contribution is 2.20. The maximum absolute atomic E-state index is 9.27. The number of phenols is 1. The molecule has 4 heteroatoms. The molecule has 2 rings (SSSR count). The molecule has 1 aromatic heterocycles. The molecule has 86 valence electrons. The van der Waals surface area contributed by atoms with Crippen molar-refractivity contribution in [1.82, 2.24) is 9.55 Å². The van der Waals surface area contributed by atoms with E-state index in [0.717, 1.165) is 11.4 Å². The summed E-state index contributed by atoms with van der Waals surface area (Å²) in [4.78, 5) is 4.18. The SMILES string of the molecule is CCO.Cn1ccnc1-c1cccc(O)c1. The van der Waals surface area contributed by atoms with Crippen LogP contribution in [-0.4, -0.2) is 26.4 Å². The number of aromatic hydroxyl groups is 1. The first-order chi connectivity index (χ1) is 7.69. The molecule has 0 amide bonds. The lowest BCUT2D eigenvalue weighted by Crippen LogP contribution is -1.90. The smallest absolute Gasteiger partial charge is 0.139 e. The summed E-state index contributed by atoms with van der Waals surface area (Å²) in [5.74, 6) is 1.12. The molecule has 16 heavy (non-hydrogen) atoms. The quantitative estimate of drug-likeness (QED) is 0.770. The van der Waals surface area contributed by atoms with Crippen molar-refractivity contribution in [3.8, 4) is 17.1 Å². The average Bonchev–Trinajstić information content (AvgIpc) is 2.65. The highest BCUT2D eigenvalue weighted by Gasteiger charge is 2.02. The molecule has 0 aliphatic heterocycles. The van der Waals surface area contributed by atoms with Gasteiger partial charge in [0.1, 0.15) is 11.6 Å². The van der Waals surface area contributed by atoms with Crippen molar-refractivity contribution in [3.05, 3.63) is 36.7 Å². The minimum atomic E-state index is 0.250. The highest BCUT2D eigenvalue weighted by atomic mass is 16.3. The number of hydrogen-bond acceptors (Lipinski definition) is 3. The van der Waals surface area contributed by atoms with E-state index in [9.17, 15) is 5.11 Å². The third kappa shape index (κ3) is 3.10. The van der Waals surface area contributed by atoms with E-state index in [0.29, 0.717) is 0 Å². The number of imidazole rings is 1. The van der Waals surface area contributed by atoms with Crippen LogP contribution >= 0.6 is 0 Å². The van der Waals surface area contributed by atoms with Gasteiger partial charge in [0.2, 0.25) is 0 Å². The summed E-state index contributed by atoms with van der Waals surface area (Å²) in [6, 6.07) is 7.07. The Morgan fingerprint density at radius 1 is 1.38 bits per heavy atom. The van der Waals surface area contributed by atoms with E-state index in [1.165, 1.54) is 0 Å². The predicted octanol–water partition coefficient (Wildman–Crippen LogP) is 1.79. The first-order valence-electron chi connectivity index (χ1n) is 5.06. The highest BCUT2D eigenvalue weighted by molar-refractivity contribution is 5.57. The van der Waals surface area contributed by atoms with Crippen LogP contribution in [0.1, 0.15) is 6.92 Å². The van der Waals surface area contributed by atoms with Crippen LogP contribution in [0, 0.1) is 0 Å². The molecule has 0 aliphatic rings. The minimum absolute atomic E-state index is 0.250. The van der Waals surface area contributed by atoms with E-state index in [-0.39, 0.29) is 12.4 Å². The zero-order valence-electron chi connectivity index (χ0n) is 9.46. The van der Waals surface area contributed by atoms with Crippen LogP contribution in [0.25, 0.3) is 11.4 Å². The van der Waals surface area contributed by atoms with Crippen LogP contribution in [0.3, 0.4) is 0 Å². The van der Waals surface area contributed by atoms with Gasteiger partial charge in [0.15, 0.2) is 0 Å². The van der Waals surface area contributed by atoms with E-state index >= 15 is 0 Å². The zero-order valence-corrected chi connectivity index (χ0v) is 9.46. The van der Waals surface area contributed by atoms with Gasteiger partial charge in [-0.1, -0.05) is 12.1 Å². The number of aryl methyl sites for hydroxylation is 1. The second kappa shape index (κ2) is 5.92. The number of nitrogens with zero attached hydrogens (tertiary/aromatic N) is 2. The number of phenolic OH excluding ortho intramolecular Hbond substituents is 1. The van der Waals surface area contributed by atoms with Crippen molar-refractivity contribution in [2.75, 3.05) is 6.61 Å². The fourth-order valence-electron chi connectivity index (χ4n) is 1.29. The van der Waals surface area contributed by atoms with Crippen LogP contribution < -0.4 is 0 Å². The number of aliphatic hydroxyl groups is 1. The third-order valence-corrected chi connectivity index (χ3v) is 1.93. The Bertz CT molecular complexity index is 438. The Labute approximate surface area is 94.8 Å². The first kappa shape index (κ1) is 12.3. The van der Waals surface area contributed by atoms with Crippen molar-refractivity contribution in [2.45, 2.75) is 6.92 Å². The number of aliphatic hydroxyl groups excluding tert-OH is 1. The molecule has 2 N–H and O–H groups in total. The Hall–Kier alpha value is -1.81. The lowest BCUT2D eigenvalue weighted by atomic mass is 10.2. The lowest BCUT2D eigenvalue weighted by molar-refractivity contribution is 0.318. The van der Waals surface area contributed by atoms with Crippen molar-refractivity contribution in [2.24, 2.45) is 7.05 Å². The van der Waals surface area contributed by atoms with Gasteiger partial charge in [-0.15, -0.1) is 0 Å². The maximum Gasteiger partial charge on any atom is 0.139 e. The summed E-state index contributed by atoms with van der Waals surface area (Å²) in [6.07, 6.45) is 3.61. The molecule has 0 atom stereocenters. The normalized spacial score (nSPS) is 9.44. The summed E-state index contributed by atoms with van der Waals surface area (Å²) in [7, 11) is 1.92. The van der Waals surface area contributed by atoms with E-state index < -0.39 is 0 Å². The molecule has 1 heterocycles. The molecule has 0 saturated heterocycles. The van der Waals surface area contributed by atoms with Crippen LogP contribution in [0.4, 0.5) is 0 Å². The van der Waals surface area contributed by atoms with Gasteiger partial charge in [0, 0.05) is 31.6 Å². The van der Waals surface area contributed by atoms with Gasteiger partial charge >= 0.3 is 0 Å². The van der Waals surface area contributed by atoms with E-state index in [2.05, 4.69) is 4.98 Å². The minimum Gasteiger partial charge on any atom is -0.508 e. The van der Waals surface area contributed by atoms with Crippen LogP contribution in [0.15, 0.2) is 36.7 Å². The number of hydrogen-bond donors (Lipinski definition) is 2. The Morgan fingerprint density at radius 3 is 2.56 bits per heavy atom. The molecular formula is C12H16N2O2. The molecule has 0 spiro atoms. The standard InChI is InChI=1S/C10H10N2O.C2H6O/c1-12-6-5-11-10(12)8-3-2-4-9(13)7-8;1-2-3/h2-7,13H,1H3;3H,2H2,1H3. The van der Waals surface area contributed by atoms with Crippen LogP contribution in [0.2, 0.25) is 0 Å². The molecule has 2 aromatic rings. The van der Waals surface area contributed by atoms with Crippen LogP contribution in [0.5, 0.6) is 5.75 Å². The predicted molar refractivity (Wildman–Crippen MR) is 63.1 cm³/mol. The summed E-state index contributed by atoms with van der Waals surface area (Å²) in [5.41, 5.74) is 0.924. The van der Waals surface area contributed by atoms with Gasteiger partial charge in [-0.2, -0.15) is 0 Å². The number of aromatic nitrogens is 2. The Balaban J connectivity index is 0.000000386. The van der Waals surface area contributed by atoms with Gasteiger partial charge in [-0.3, -0.25) is 0 Å². The van der Waals surface area contributed by atoms with Gasteiger partial charge in [-0.25, -0.2) is 4.98 Å². The second-order valence-corrected chi connectivity index (χ2v) is 3.23. The van der Waals surface area contributed by atoms with Gasteiger partial charge < -0.3 is 14.8 Å². The molecule has 0 unspecified atom stereocenters. The van der Waals surface area contributed by atoms with E-state index in [4.69, 9.17) is 5.11 Å². The molecule has 4 nitrogen and oxygen atoms in total. The molecular weight excluding hydrogens is 204 g/mol. The second-order valence-electron chi connectivity index (χ2n) is 3.23. The Morgan fingerprint density at radius 2 is 2.06 bits per heavy atom. The topological polar surface area (TPSA) is 58.3 Å². The molecule has 0 bridgehead atoms. The van der Waals surface area contributed by atoms with E-state index in [1.807, 2.05) is 23.9 Å². The van der Waals surface area contributed by atoms with Crippen molar-refractivity contribution < 1.29 is 10.2 Å². The fourth-order valence-corrected chi connectivity index (χ4v) is 1.29. The molecule has 0 aliphatic carbocycles. The van der Waals surface area contributed by atoms with Gasteiger partial charge in [-0.05, 0) is 19.1 Å². The molecule has 0 fully saturated rings. The van der Waals surface area contributed by atoms with Gasteiger partial charge in [0.25, 0.3) is 0 Å². The van der Waals surface area contributed by atoms with Gasteiger partial charge in [0.05, 0.1) is 0 Å². The monoisotopic (exact) mass is 220 g/mol. The largest absolute Gasteiger partial charge is 0.508 e. The number of benzene rings is 1. The molecule has 1 aromatic carbocycles. The third-order valence-electron chi connectivity index (χ3n) is 1.93. The summed E-state index contributed by atoms with van der Waals surface area (Å²) in [6.45, 7) is 1.93. The summed E-state index contributed by atoms with van der Waals surface area (Å²) >= 11 is 0. The average molecular weight is 220 g/mol. The van der Waals surface area contributed by atoms with E-state index in [1.54, 1.807) is 31.3 Å².